The molecule has 0 radical (unpaired) electrons. The van der Waals surface area contributed by atoms with Crippen LogP contribution in [0.2, 0.25) is 0 Å². The van der Waals surface area contributed by atoms with E-state index >= 15 is 0 Å². The van der Waals surface area contributed by atoms with Gasteiger partial charge < -0.3 is 19.3 Å². The van der Waals surface area contributed by atoms with E-state index in [9.17, 15) is 23.5 Å². The number of aliphatic hydroxyl groups excluding tert-OH is 1. The van der Waals surface area contributed by atoms with Gasteiger partial charge in [0.2, 0.25) is 0 Å². The Labute approximate surface area is 188 Å². The van der Waals surface area contributed by atoms with Crippen molar-refractivity contribution in [2.45, 2.75) is 19.0 Å². The van der Waals surface area contributed by atoms with E-state index in [1.54, 1.807) is 24.8 Å². The third-order valence-electron chi connectivity index (χ3n) is 5.53. The number of likely N-dealkylation sites (tertiary alicyclic amines) is 1. The minimum Gasteiger partial charge on any atom is -0.507 e. The van der Waals surface area contributed by atoms with E-state index in [2.05, 4.69) is 4.98 Å². The summed E-state index contributed by atoms with van der Waals surface area (Å²) in [5.74, 6) is -3.68. The first-order valence-electron chi connectivity index (χ1n) is 10.2. The van der Waals surface area contributed by atoms with E-state index in [4.69, 9.17) is 4.74 Å². The Morgan fingerprint density at radius 1 is 1.15 bits per heavy atom. The standard InChI is InChI=1S/C24H21F2N3O4/c1-33-19-8-7-15(25)13-17(19)22(30)20-21(16-5-2-3-6-18(16)26)29(24(32)23(20)31)11-4-10-28-12-9-27-14-28/h2-3,5-9,12-14,21,30H,4,10-11H2,1H3/t21-/m1/s1. The van der Waals surface area contributed by atoms with E-state index < -0.39 is 35.1 Å². The second-order valence-corrected chi connectivity index (χ2v) is 7.51. The molecule has 7 nitrogen and oxygen atoms in total. The molecule has 0 spiro atoms. The molecule has 1 saturated heterocycles. The Hall–Kier alpha value is -4.01. The summed E-state index contributed by atoms with van der Waals surface area (Å²) in [5, 5.41) is 11.1. The topological polar surface area (TPSA) is 84.7 Å². The zero-order chi connectivity index (χ0) is 23.5. The maximum Gasteiger partial charge on any atom is 0.295 e. The molecule has 2 aromatic carbocycles. The number of amides is 1. The number of imidazole rings is 1. The van der Waals surface area contributed by atoms with Crippen LogP contribution in [0.3, 0.4) is 0 Å². The zero-order valence-corrected chi connectivity index (χ0v) is 17.7. The van der Waals surface area contributed by atoms with Gasteiger partial charge in [0, 0.05) is 31.0 Å². The summed E-state index contributed by atoms with van der Waals surface area (Å²) in [6.07, 6.45) is 5.47. The Bertz CT molecular complexity index is 1220. The minimum atomic E-state index is -1.18. The van der Waals surface area contributed by atoms with Gasteiger partial charge in [-0.3, -0.25) is 9.59 Å². The highest BCUT2D eigenvalue weighted by molar-refractivity contribution is 6.46. The molecule has 1 N–H and O–H groups in total. The van der Waals surface area contributed by atoms with Gasteiger partial charge >= 0.3 is 0 Å². The first kappa shape index (κ1) is 22.2. The number of halogens is 2. The maximum atomic E-state index is 14.8. The summed E-state index contributed by atoms with van der Waals surface area (Å²) in [4.78, 5) is 31.2. The molecule has 3 aromatic rings. The van der Waals surface area contributed by atoms with Gasteiger partial charge in [0.05, 0.1) is 30.6 Å². The van der Waals surface area contributed by atoms with Crippen LogP contribution in [0.25, 0.3) is 5.76 Å². The van der Waals surface area contributed by atoms with E-state index in [0.717, 1.165) is 12.1 Å². The first-order valence-corrected chi connectivity index (χ1v) is 10.2. The van der Waals surface area contributed by atoms with Gasteiger partial charge in [0.25, 0.3) is 11.7 Å². The van der Waals surface area contributed by atoms with E-state index in [0.29, 0.717) is 13.0 Å². The highest BCUT2D eigenvalue weighted by Gasteiger charge is 2.47. The van der Waals surface area contributed by atoms with Gasteiger partial charge in [-0.1, -0.05) is 18.2 Å². The fourth-order valence-electron chi connectivity index (χ4n) is 3.98. The molecular weight excluding hydrogens is 432 g/mol. The number of benzene rings is 2. The van der Waals surface area contributed by atoms with Crippen molar-refractivity contribution in [2.24, 2.45) is 0 Å². The third kappa shape index (κ3) is 4.21. The van der Waals surface area contributed by atoms with Crippen molar-refractivity contribution < 1.29 is 28.2 Å². The second kappa shape index (κ2) is 9.23. The predicted molar refractivity (Wildman–Crippen MR) is 115 cm³/mol. The number of hydrogen-bond donors (Lipinski definition) is 1. The van der Waals surface area contributed by atoms with Gasteiger partial charge in [-0.25, -0.2) is 13.8 Å². The normalized spacial score (nSPS) is 17.5. The molecule has 0 unspecified atom stereocenters. The first-order chi connectivity index (χ1) is 15.9. The van der Waals surface area contributed by atoms with Gasteiger partial charge in [-0.2, -0.15) is 0 Å². The fourth-order valence-corrected chi connectivity index (χ4v) is 3.98. The lowest BCUT2D eigenvalue weighted by atomic mass is 9.94. The van der Waals surface area contributed by atoms with Crippen molar-refractivity contribution in [2.75, 3.05) is 13.7 Å². The summed E-state index contributed by atoms with van der Waals surface area (Å²) >= 11 is 0. The molecule has 1 aromatic heterocycles. The number of aliphatic hydroxyl groups is 1. The number of carbonyl (C=O) groups excluding carboxylic acids is 2. The fraction of sp³-hybridized carbons (Fsp3) is 0.208. The van der Waals surface area contributed by atoms with Crippen molar-refractivity contribution in [1.82, 2.24) is 14.5 Å². The number of Topliss-reactive ketones (excluding diaryl/α,β-unsaturated/α-hetero) is 1. The summed E-state index contributed by atoms with van der Waals surface area (Å²) in [6.45, 7) is 0.642. The Kier molecular flexibility index (Phi) is 6.21. The highest BCUT2D eigenvalue weighted by atomic mass is 19.1. The molecular formula is C24H21F2N3O4. The molecule has 33 heavy (non-hydrogen) atoms. The number of ether oxygens (including phenoxy) is 1. The molecule has 1 aliphatic heterocycles. The summed E-state index contributed by atoms with van der Waals surface area (Å²) in [7, 11) is 1.33. The number of ketones is 1. The average Bonchev–Trinajstić information content (AvgIpc) is 3.41. The highest BCUT2D eigenvalue weighted by Crippen LogP contribution is 2.41. The van der Waals surface area contributed by atoms with Crippen molar-refractivity contribution in [3.8, 4) is 5.75 Å². The lowest BCUT2D eigenvalue weighted by Crippen LogP contribution is -2.31. The molecule has 4 rings (SSSR count). The van der Waals surface area contributed by atoms with Crippen molar-refractivity contribution in [3.63, 3.8) is 0 Å². The molecule has 1 atom stereocenters. The van der Waals surface area contributed by atoms with Crippen molar-refractivity contribution in [1.29, 1.82) is 0 Å². The molecule has 0 bridgehead atoms. The smallest absolute Gasteiger partial charge is 0.295 e. The summed E-state index contributed by atoms with van der Waals surface area (Å²) < 4.78 is 35.8. The lowest BCUT2D eigenvalue weighted by molar-refractivity contribution is -0.140. The molecule has 1 fully saturated rings. The Balaban J connectivity index is 1.80. The molecule has 1 amide bonds. The molecule has 0 aliphatic carbocycles. The second-order valence-electron chi connectivity index (χ2n) is 7.51. The van der Waals surface area contributed by atoms with Crippen LogP contribution in [0, 0.1) is 11.6 Å². The Morgan fingerprint density at radius 3 is 2.64 bits per heavy atom. The number of aromatic nitrogens is 2. The molecule has 170 valence electrons. The van der Waals surface area contributed by atoms with E-state index in [1.807, 2.05) is 4.57 Å². The zero-order valence-electron chi connectivity index (χ0n) is 17.7. The van der Waals surface area contributed by atoms with Crippen LogP contribution in [0.1, 0.15) is 23.6 Å². The predicted octanol–water partition coefficient (Wildman–Crippen LogP) is 3.68. The molecule has 0 saturated carbocycles. The van der Waals surface area contributed by atoms with Crippen molar-refractivity contribution in [3.05, 3.63) is 89.5 Å². The summed E-state index contributed by atoms with van der Waals surface area (Å²) in [6, 6.07) is 7.98. The average molecular weight is 453 g/mol. The SMILES string of the molecule is COc1ccc(F)cc1C(O)=C1C(=O)C(=O)N(CCCn2ccnc2)[C@@H]1c1ccccc1F. The van der Waals surface area contributed by atoms with Gasteiger partial charge in [-0.05, 0) is 30.7 Å². The third-order valence-corrected chi connectivity index (χ3v) is 5.53. The van der Waals surface area contributed by atoms with Gasteiger partial charge in [0.15, 0.2) is 0 Å². The Morgan fingerprint density at radius 2 is 1.94 bits per heavy atom. The van der Waals surface area contributed by atoms with Crippen molar-refractivity contribution >= 4 is 17.4 Å². The largest absolute Gasteiger partial charge is 0.507 e. The summed E-state index contributed by atoms with van der Waals surface area (Å²) in [5.41, 5.74) is -0.372. The van der Waals surface area contributed by atoms with Gasteiger partial charge in [0.1, 0.15) is 23.1 Å². The quantitative estimate of drug-likeness (QED) is 0.335. The number of nitrogens with zero attached hydrogens (tertiary/aromatic N) is 3. The van der Waals surface area contributed by atoms with Crippen LogP contribution >= 0.6 is 0 Å². The molecule has 2 heterocycles. The van der Waals surface area contributed by atoms with Crippen LogP contribution < -0.4 is 4.74 Å². The van der Waals surface area contributed by atoms with Crippen LogP contribution in [0.4, 0.5) is 8.78 Å². The minimum absolute atomic E-state index is 0.0521. The van der Waals surface area contributed by atoms with Crippen LogP contribution in [-0.4, -0.2) is 44.9 Å². The monoisotopic (exact) mass is 453 g/mol. The van der Waals surface area contributed by atoms with Crippen LogP contribution in [0.5, 0.6) is 5.75 Å². The number of hydrogen-bond acceptors (Lipinski definition) is 5. The number of aryl methyl sites for hydroxylation is 1. The molecule has 9 heteroatoms. The van der Waals surface area contributed by atoms with Crippen LogP contribution in [-0.2, 0) is 16.1 Å². The molecule has 1 aliphatic rings. The van der Waals surface area contributed by atoms with E-state index in [1.165, 1.54) is 36.3 Å². The lowest BCUT2D eigenvalue weighted by Gasteiger charge is -2.25. The number of methoxy groups -OCH3 is 1. The van der Waals surface area contributed by atoms with Gasteiger partial charge in [-0.15, -0.1) is 0 Å². The van der Waals surface area contributed by atoms with Crippen LogP contribution in [0.15, 0.2) is 66.8 Å². The maximum absolute atomic E-state index is 14.8. The number of rotatable bonds is 7. The van der Waals surface area contributed by atoms with E-state index in [-0.39, 0.29) is 29.0 Å². The number of carbonyl (C=O) groups is 2.